The molecule has 0 amide bonds. The molecule has 8 rings (SSSR count). The van der Waals surface area contributed by atoms with Crippen molar-refractivity contribution < 1.29 is 83.1 Å². The molecule has 0 spiro atoms. The second-order valence-corrected chi connectivity index (χ2v) is 12.5. The van der Waals surface area contributed by atoms with Crippen LogP contribution in [-0.2, 0) is 28.4 Å². The Morgan fingerprint density at radius 1 is 0.740 bits per heavy atom. The van der Waals surface area contributed by atoms with Crippen LogP contribution < -0.4 is 39.4 Å². The molecule has 0 aliphatic carbocycles. The molecule has 4 aromatic rings. The average Bonchev–Trinajstić information content (AvgIpc) is 3.94. The molecule has 0 bridgehead atoms. The van der Waals surface area contributed by atoms with E-state index in [0.717, 1.165) is 25.0 Å². The van der Waals surface area contributed by atoms with E-state index in [1.807, 2.05) is 61.4 Å². The number of ether oxygens (including phenoxy) is 7. The third-order valence-electron chi connectivity index (χ3n) is 8.29. The van der Waals surface area contributed by atoms with Gasteiger partial charge in [0.15, 0.2) is 24.0 Å². The first kappa shape index (κ1) is 40.7. The summed E-state index contributed by atoms with van der Waals surface area (Å²) < 4.78 is 44.6. The van der Waals surface area contributed by atoms with Crippen LogP contribution >= 0.6 is 11.6 Å². The molecule has 4 aromatic heterocycles. The summed E-state index contributed by atoms with van der Waals surface area (Å²) >= 11 is 6.09. The number of aliphatic hydroxyl groups excluding tert-OH is 3. The molecule has 0 saturated carbocycles. The molecule has 0 radical (unpaired) electrons. The monoisotopic (exact) mass is 732 g/mol. The van der Waals surface area contributed by atoms with Crippen molar-refractivity contribution in [2.75, 3.05) is 34.5 Å². The molecule has 0 aromatic carbocycles. The predicted octanol–water partition coefficient (Wildman–Crippen LogP) is -2.07. The topological polar surface area (TPSA) is 210 Å². The summed E-state index contributed by atoms with van der Waals surface area (Å²) in [6.07, 6.45) is 3.52. The van der Waals surface area contributed by atoms with Crippen molar-refractivity contribution in [1.82, 2.24) is 29.1 Å². The largest absolute Gasteiger partial charge is 1.00 e. The van der Waals surface area contributed by atoms with Crippen molar-refractivity contribution in [2.45, 2.75) is 88.3 Å². The zero-order valence-corrected chi connectivity index (χ0v) is 31.9. The number of halogens is 1. The standard InChI is InChI=1S/C15H19N3O5.C14H16ClN3O4.CH4O.CH3O.Na/c1-15(2)22-10-9(6-19)21-14(11(10)23-15)18-5-4-8-12(18)16-7-17-13(8)20-3;1-14(2)21-9-8(5-19)20-13(10(9)22-14)18-4-3-7-11(15)16-6-17-12(7)18;2*1-2;/h4-5,7,9-11,14,19H,6H2,1-3H3;3-4,6,8-10,13,19H,5H2,1-2H3;2H,1H3;1H3;/q;;;-1;+1/t9-,10-,11-,14-;8-,9-,10-,13-;;;/m11.../s1. The molecule has 270 valence electrons. The number of aliphatic hydroxyl groups is 3. The van der Waals surface area contributed by atoms with Crippen LogP contribution in [0.5, 0.6) is 5.88 Å². The Morgan fingerprint density at radius 3 is 1.62 bits per heavy atom. The van der Waals surface area contributed by atoms with Gasteiger partial charge in [-0.1, -0.05) is 11.6 Å². The molecule has 3 N–H and O–H groups in total. The number of fused-ring (bicyclic) bond motifs is 4. The van der Waals surface area contributed by atoms with Gasteiger partial charge in [-0.3, -0.25) is 0 Å². The maximum absolute atomic E-state index is 9.58. The normalized spacial score (nSPS) is 29.8. The Bertz CT molecular complexity index is 1710. The van der Waals surface area contributed by atoms with Crippen molar-refractivity contribution in [3.05, 3.63) is 42.3 Å². The summed E-state index contributed by atoms with van der Waals surface area (Å²) in [5, 5.41) is 36.3. The molecule has 8 atom stereocenters. The fourth-order valence-electron chi connectivity index (χ4n) is 6.52. The van der Waals surface area contributed by atoms with E-state index in [0.29, 0.717) is 22.3 Å². The van der Waals surface area contributed by atoms with E-state index in [-0.39, 0.29) is 67.2 Å². The van der Waals surface area contributed by atoms with Crippen molar-refractivity contribution in [2.24, 2.45) is 0 Å². The molecular weight excluding hydrogens is 691 g/mol. The van der Waals surface area contributed by atoms with Crippen molar-refractivity contribution in [3.63, 3.8) is 0 Å². The van der Waals surface area contributed by atoms with Crippen molar-refractivity contribution in [1.29, 1.82) is 0 Å². The molecule has 17 nitrogen and oxygen atoms in total. The molecular formula is C31H42ClN6NaO11. The van der Waals surface area contributed by atoms with Gasteiger partial charge in [-0.2, -0.15) is 7.11 Å². The van der Waals surface area contributed by atoms with Gasteiger partial charge in [0.2, 0.25) is 5.88 Å². The number of hydrogen-bond donors (Lipinski definition) is 3. The Morgan fingerprint density at radius 2 is 1.16 bits per heavy atom. The summed E-state index contributed by atoms with van der Waals surface area (Å²) in [4.78, 5) is 16.7. The third kappa shape index (κ3) is 7.67. The van der Waals surface area contributed by atoms with Gasteiger partial charge >= 0.3 is 29.6 Å². The van der Waals surface area contributed by atoms with Gasteiger partial charge in [0.25, 0.3) is 0 Å². The molecule has 4 fully saturated rings. The fraction of sp³-hybridized carbons (Fsp3) is 0.613. The Kier molecular flexibility index (Phi) is 13.6. The zero-order chi connectivity index (χ0) is 35.7. The van der Waals surface area contributed by atoms with E-state index >= 15 is 0 Å². The summed E-state index contributed by atoms with van der Waals surface area (Å²) in [6, 6.07) is 3.71. The van der Waals surface area contributed by atoms with Crippen LogP contribution in [0.4, 0.5) is 0 Å². The minimum absolute atomic E-state index is 0. The second kappa shape index (κ2) is 16.7. The van der Waals surface area contributed by atoms with E-state index in [1.54, 1.807) is 7.11 Å². The zero-order valence-electron chi connectivity index (χ0n) is 29.2. The number of hydrogen-bond acceptors (Lipinski definition) is 15. The Labute approximate surface area is 315 Å². The SMILES string of the molecule is CC1(C)O[C@@H]2[C@H](O1)[C@@H](CO)O[C@H]2n1ccc2c(Cl)ncnc21.CO.COc1ncnc2c1ccn2[C@@H]1O[C@H](CO)[C@H]2OC(C)(C)O[C@H]21.C[O-].[Na+]. The first-order valence-corrected chi connectivity index (χ1v) is 15.8. The smallest absolute Gasteiger partial charge is 0.857 e. The number of nitrogens with zero attached hydrogens (tertiary/aromatic N) is 6. The van der Waals surface area contributed by atoms with Gasteiger partial charge in [0, 0.05) is 19.5 Å². The van der Waals surface area contributed by atoms with Crippen LogP contribution in [0.2, 0.25) is 5.15 Å². The molecule has 19 heteroatoms. The van der Waals surface area contributed by atoms with Crippen molar-refractivity contribution >= 4 is 33.7 Å². The number of methoxy groups -OCH3 is 1. The molecule has 4 aliphatic rings. The first-order chi connectivity index (χ1) is 23.5. The van der Waals surface area contributed by atoms with Gasteiger partial charge in [-0.05, 0) is 39.8 Å². The maximum atomic E-state index is 9.58. The molecule has 8 heterocycles. The van der Waals surface area contributed by atoms with E-state index in [1.165, 1.54) is 12.7 Å². The average molecular weight is 733 g/mol. The van der Waals surface area contributed by atoms with Crippen LogP contribution in [0.3, 0.4) is 0 Å². The minimum atomic E-state index is -0.708. The van der Waals surface area contributed by atoms with Crippen LogP contribution in [-0.4, -0.2) is 127 Å². The van der Waals surface area contributed by atoms with Crippen LogP contribution in [0.1, 0.15) is 40.2 Å². The summed E-state index contributed by atoms with van der Waals surface area (Å²) in [7, 11) is 3.32. The summed E-state index contributed by atoms with van der Waals surface area (Å²) in [5.41, 5.74) is 1.35. The Hall–Kier alpha value is -2.07. The Balaban J connectivity index is 0.000000201. The number of rotatable bonds is 5. The van der Waals surface area contributed by atoms with Gasteiger partial charge in [0.05, 0.1) is 31.1 Å². The second-order valence-electron chi connectivity index (χ2n) is 12.1. The van der Waals surface area contributed by atoms with E-state index < -0.39 is 36.2 Å². The van der Waals surface area contributed by atoms with Gasteiger partial charge < -0.3 is 62.7 Å². The van der Waals surface area contributed by atoms with Crippen LogP contribution in [0.25, 0.3) is 22.1 Å². The van der Waals surface area contributed by atoms with Gasteiger partial charge in [0.1, 0.15) is 65.7 Å². The van der Waals surface area contributed by atoms with E-state index in [9.17, 15) is 10.2 Å². The number of aromatic nitrogens is 6. The quantitative estimate of drug-likeness (QED) is 0.149. The van der Waals surface area contributed by atoms with E-state index in [4.69, 9.17) is 55.0 Å². The van der Waals surface area contributed by atoms with Crippen molar-refractivity contribution in [3.8, 4) is 5.88 Å². The maximum Gasteiger partial charge on any atom is 1.00 e. The minimum Gasteiger partial charge on any atom is -0.857 e. The molecule has 4 saturated heterocycles. The first-order valence-electron chi connectivity index (χ1n) is 15.5. The van der Waals surface area contributed by atoms with Crippen LogP contribution in [0.15, 0.2) is 37.2 Å². The predicted molar refractivity (Wildman–Crippen MR) is 170 cm³/mol. The van der Waals surface area contributed by atoms with Crippen LogP contribution in [0, 0.1) is 0 Å². The van der Waals surface area contributed by atoms with E-state index in [2.05, 4.69) is 19.9 Å². The van der Waals surface area contributed by atoms with Gasteiger partial charge in [-0.25, -0.2) is 19.9 Å². The fourth-order valence-corrected chi connectivity index (χ4v) is 6.71. The summed E-state index contributed by atoms with van der Waals surface area (Å²) in [6.45, 7) is 7.15. The van der Waals surface area contributed by atoms with Gasteiger partial charge in [-0.15, -0.1) is 0 Å². The molecule has 4 aliphatic heterocycles. The molecule has 50 heavy (non-hydrogen) atoms. The third-order valence-corrected chi connectivity index (χ3v) is 8.59. The molecule has 0 unspecified atom stereocenters. The summed E-state index contributed by atoms with van der Waals surface area (Å²) in [5.74, 6) is -0.910.